The Morgan fingerprint density at radius 1 is 1.11 bits per heavy atom. The molecule has 1 atom stereocenters. The van der Waals surface area contributed by atoms with Crippen LogP contribution in [0, 0.1) is 0 Å². The fraction of sp³-hybridized carbons (Fsp3) is 0.294. The second kappa shape index (κ2) is 6.76. The van der Waals surface area contributed by atoms with Crippen LogP contribution in [0.4, 0.5) is 5.69 Å². The number of rotatable bonds is 5. The van der Waals surface area contributed by atoms with Crippen molar-refractivity contribution < 1.29 is 0 Å². The van der Waals surface area contributed by atoms with Crippen molar-refractivity contribution in [2.45, 2.75) is 32.7 Å². The molecular weight excluding hydrogens is 298 g/mol. The van der Waals surface area contributed by atoms with E-state index in [1.54, 1.807) is 0 Å². The molecule has 0 bridgehead atoms. The third kappa shape index (κ3) is 4.10. The molecule has 0 amide bonds. The SMILES string of the molecule is CCCc1ccc(C(C)Nc2cccc(Br)c2)cc1. The Morgan fingerprint density at radius 2 is 1.84 bits per heavy atom. The summed E-state index contributed by atoms with van der Waals surface area (Å²) in [7, 11) is 0. The lowest BCUT2D eigenvalue weighted by atomic mass is 10.0. The van der Waals surface area contributed by atoms with Crippen molar-refractivity contribution in [2.75, 3.05) is 5.32 Å². The Balaban J connectivity index is 2.05. The van der Waals surface area contributed by atoms with Crippen LogP contribution >= 0.6 is 15.9 Å². The van der Waals surface area contributed by atoms with E-state index in [2.05, 4.69) is 71.5 Å². The number of benzene rings is 2. The second-order valence-corrected chi connectivity index (χ2v) is 5.78. The van der Waals surface area contributed by atoms with Crippen molar-refractivity contribution in [3.8, 4) is 0 Å². The smallest absolute Gasteiger partial charge is 0.0485 e. The van der Waals surface area contributed by atoms with Gasteiger partial charge in [-0.2, -0.15) is 0 Å². The summed E-state index contributed by atoms with van der Waals surface area (Å²) in [5, 5.41) is 3.52. The van der Waals surface area contributed by atoms with Crippen molar-refractivity contribution in [1.82, 2.24) is 0 Å². The van der Waals surface area contributed by atoms with Crippen LogP contribution in [0.3, 0.4) is 0 Å². The molecule has 1 N–H and O–H groups in total. The van der Waals surface area contributed by atoms with E-state index in [0.29, 0.717) is 6.04 Å². The minimum Gasteiger partial charge on any atom is -0.378 e. The van der Waals surface area contributed by atoms with Gasteiger partial charge in [0, 0.05) is 16.2 Å². The first-order chi connectivity index (χ1) is 9.19. The molecule has 2 aromatic rings. The van der Waals surface area contributed by atoms with Crippen LogP contribution in [-0.2, 0) is 6.42 Å². The van der Waals surface area contributed by atoms with E-state index in [9.17, 15) is 0 Å². The van der Waals surface area contributed by atoms with Crippen LogP contribution in [0.1, 0.15) is 37.4 Å². The third-order valence-electron chi connectivity index (χ3n) is 3.23. The Bertz CT molecular complexity index is 519. The standard InChI is InChI=1S/C17H20BrN/c1-3-5-14-8-10-15(11-9-14)13(2)19-17-7-4-6-16(18)12-17/h4,6-13,19H,3,5H2,1-2H3. The number of hydrogen-bond acceptors (Lipinski definition) is 1. The van der Waals surface area contributed by atoms with Crippen LogP contribution in [0.5, 0.6) is 0 Å². The largest absolute Gasteiger partial charge is 0.378 e. The van der Waals surface area contributed by atoms with Gasteiger partial charge in [-0.15, -0.1) is 0 Å². The summed E-state index contributed by atoms with van der Waals surface area (Å²) in [6.45, 7) is 4.40. The Morgan fingerprint density at radius 3 is 2.47 bits per heavy atom. The van der Waals surface area contributed by atoms with E-state index in [0.717, 1.165) is 16.6 Å². The van der Waals surface area contributed by atoms with Crippen molar-refractivity contribution in [1.29, 1.82) is 0 Å². The molecule has 2 heteroatoms. The average molecular weight is 318 g/mol. The molecule has 0 radical (unpaired) electrons. The van der Waals surface area contributed by atoms with Gasteiger partial charge in [0.15, 0.2) is 0 Å². The van der Waals surface area contributed by atoms with Gasteiger partial charge in [-0.25, -0.2) is 0 Å². The van der Waals surface area contributed by atoms with E-state index in [1.807, 2.05) is 12.1 Å². The van der Waals surface area contributed by atoms with Crippen LogP contribution in [-0.4, -0.2) is 0 Å². The molecule has 0 saturated heterocycles. The molecule has 0 fully saturated rings. The molecule has 2 aromatic carbocycles. The summed E-state index contributed by atoms with van der Waals surface area (Å²) in [6.07, 6.45) is 2.36. The molecule has 0 aromatic heterocycles. The summed E-state index contributed by atoms with van der Waals surface area (Å²) in [5.74, 6) is 0. The summed E-state index contributed by atoms with van der Waals surface area (Å²) in [4.78, 5) is 0. The molecule has 0 aliphatic carbocycles. The molecule has 0 aliphatic rings. The van der Waals surface area contributed by atoms with E-state index in [1.165, 1.54) is 17.5 Å². The first-order valence-corrected chi connectivity index (χ1v) is 7.59. The normalized spacial score (nSPS) is 12.2. The minimum atomic E-state index is 0.310. The van der Waals surface area contributed by atoms with Crippen LogP contribution in [0.25, 0.3) is 0 Å². The molecule has 1 nitrogen and oxygen atoms in total. The minimum absolute atomic E-state index is 0.310. The molecule has 1 unspecified atom stereocenters. The van der Waals surface area contributed by atoms with Crippen LogP contribution in [0.2, 0.25) is 0 Å². The van der Waals surface area contributed by atoms with Gasteiger partial charge in [0.1, 0.15) is 0 Å². The number of halogens is 1. The maximum absolute atomic E-state index is 3.52. The highest BCUT2D eigenvalue weighted by atomic mass is 79.9. The zero-order valence-corrected chi connectivity index (χ0v) is 13.1. The fourth-order valence-electron chi connectivity index (χ4n) is 2.17. The first-order valence-electron chi connectivity index (χ1n) is 6.80. The summed E-state index contributed by atoms with van der Waals surface area (Å²) in [6, 6.07) is 17.5. The van der Waals surface area contributed by atoms with Gasteiger partial charge in [-0.3, -0.25) is 0 Å². The highest BCUT2D eigenvalue weighted by Gasteiger charge is 2.05. The van der Waals surface area contributed by atoms with E-state index in [-0.39, 0.29) is 0 Å². The van der Waals surface area contributed by atoms with Gasteiger partial charge in [0.05, 0.1) is 0 Å². The molecule has 19 heavy (non-hydrogen) atoms. The molecule has 0 saturated carbocycles. The number of nitrogens with one attached hydrogen (secondary N) is 1. The van der Waals surface area contributed by atoms with E-state index < -0.39 is 0 Å². The summed E-state index contributed by atoms with van der Waals surface area (Å²) < 4.78 is 1.10. The van der Waals surface area contributed by atoms with Crippen molar-refractivity contribution >= 4 is 21.6 Å². The van der Waals surface area contributed by atoms with Gasteiger partial charge in [-0.1, -0.05) is 59.6 Å². The van der Waals surface area contributed by atoms with Gasteiger partial charge < -0.3 is 5.32 Å². The topological polar surface area (TPSA) is 12.0 Å². The van der Waals surface area contributed by atoms with Crippen molar-refractivity contribution in [3.63, 3.8) is 0 Å². The lowest BCUT2D eigenvalue weighted by molar-refractivity contribution is 0.876. The molecule has 0 spiro atoms. The molecule has 0 heterocycles. The maximum Gasteiger partial charge on any atom is 0.0485 e. The van der Waals surface area contributed by atoms with Gasteiger partial charge in [-0.05, 0) is 42.7 Å². The zero-order valence-electron chi connectivity index (χ0n) is 11.5. The predicted molar refractivity (Wildman–Crippen MR) is 86.6 cm³/mol. The van der Waals surface area contributed by atoms with Gasteiger partial charge in [0.2, 0.25) is 0 Å². The van der Waals surface area contributed by atoms with Crippen molar-refractivity contribution in [2.24, 2.45) is 0 Å². The monoisotopic (exact) mass is 317 g/mol. The lowest BCUT2D eigenvalue weighted by Crippen LogP contribution is -2.06. The maximum atomic E-state index is 3.52. The first kappa shape index (κ1) is 14.1. The Kier molecular flexibility index (Phi) is 5.03. The summed E-state index contributed by atoms with van der Waals surface area (Å²) in [5.41, 5.74) is 3.88. The third-order valence-corrected chi connectivity index (χ3v) is 3.72. The molecule has 0 aliphatic heterocycles. The zero-order chi connectivity index (χ0) is 13.7. The molecule has 2 rings (SSSR count). The number of aryl methyl sites for hydroxylation is 1. The van der Waals surface area contributed by atoms with Crippen LogP contribution < -0.4 is 5.32 Å². The highest BCUT2D eigenvalue weighted by Crippen LogP contribution is 2.22. The quantitative estimate of drug-likeness (QED) is 0.759. The molecule has 100 valence electrons. The van der Waals surface area contributed by atoms with E-state index >= 15 is 0 Å². The van der Waals surface area contributed by atoms with Crippen LogP contribution in [0.15, 0.2) is 53.0 Å². The average Bonchev–Trinajstić information content (AvgIpc) is 2.40. The Hall–Kier alpha value is -1.28. The van der Waals surface area contributed by atoms with E-state index in [4.69, 9.17) is 0 Å². The summed E-state index contributed by atoms with van der Waals surface area (Å²) >= 11 is 3.50. The Labute approximate surface area is 124 Å². The predicted octanol–water partition coefficient (Wildman–Crippen LogP) is 5.57. The lowest BCUT2D eigenvalue weighted by Gasteiger charge is -2.16. The van der Waals surface area contributed by atoms with Gasteiger partial charge >= 0.3 is 0 Å². The van der Waals surface area contributed by atoms with Gasteiger partial charge in [0.25, 0.3) is 0 Å². The number of anilines is 1. The number of hydrogen-bond donors (Lipinski definition) is 1. The molecular formula is C17H20BrN. The van der Waals surface area contributed by atoms with Crippen molar-refractivity contribution in [3.05, 3.63) is 64.1 Å². The highest BCUT2D eigenvalue weighted by molar-refractivity contribution is 9.10. The fourth-order valence-corrected chi connectivity index (χ4v) is 2.57. The second-order valence-electron chi connectivity index (χ2n) is 4.87.